The predicted octanol–water partition coefficient (Wildman–Crippen LogP) is 4.91. The van der Waals surface area contributed by atoms with Crippen LogP contribution in [0.4, 0.5) is 0 Å². The molecule has 0 saturated heterocycles. The molecule has 0 aliphatic carbocycles. The van der Waals surface area contributed by atoms with Crippen LogP contribution in [0.2, 0.25) is 0 Å². The smallest absolute Gasteiger partial charge is 0.107 e. The normalized spacial score (nSPS) is 11.0. The molecule has 0 aliphatic heterocycles. The van der Waals surface area contributed by atoms with E-state index in [1.54, 1.807) is 0 Å². The number of benzene rings is 2. The van der Waals surface area contributed by atoms with Crippen LogP contribution in [0.15, 0.2) is 54.6 Å². The Morgan fingerprint density at radius 2 is 1.43 bits per heavy atom. The van der Waals surface area contributed by atoms with Gasteiger partial charge in [-0.25, -0.2) is 4.98 Å². The van der Waals surface area contributed by atoms with Crippen LogP contribution in [0.5, 0.6) is 0 Å². The van der Waals surface area contributed by atoms with E-state index in [0.717, 1.165) is 23.3 Å². The standard InChI is InChI=1S/C19H22N2/c1(4-10-16-11-5-3-6-12-16)2-7-15-19-20-17-13-8-9-14-18(17)21-19/h3,5-6,8-9,11-14H,1-2,4,7,10,15H2,(H,20,21). The van der Waals surface area contributed by atoms with Crippen molar-refractivity contribution in [3.05, 3.63) is 66.0 Å². The summed E-state index contributed by atoms with van der Waals surface area (Å²) >= 11 is 0. The number of nitrogens with zero attached hydrogens (tertiary/aromatic N) is 1. The number of fused-ring (bicyclic) bond motifs is 1. The Morgan fingerprint density at radius 3 is 2.24 bits per heavy atom. The van der Waals surface area contributed by atoms with E-state index in [1.807, 2.05) is 12.1 Å². The molecule has 21 heavy (non-hydrogen) atoms. The van der Waals surface area contributed by atoms with E-state index in [0.29, 0.717) is 0 Å². The molecule has 3 rings (SSSR count). The first-order chi connectivity index (χ1) is 10.4. The number of imidazole rings is 1. The van der Waals surface area contributed by atoms with Crippen molar-refractivity contribution in [3.8, 4) is 0 Å². The van der Waals surface area contributed by atoms with Crippen molar-refractivity contribution in [3.63, 3.8) is 0 Å². The first-order valence-electron chi connectivity index (χ1n) is 7.89. The summed E-state index contributed by atoms with van der Waals surface area (Å²) in [5, 5.41) is 0. The number of hydrogen-bond acceptors (Lipinski definition) is 1. The minimum absolute atomic E-state index is 1.06. The van der Waals surface area contributed by atoms with Gasteiger partial charge in [-0.05, 0) is 37.0 Å². The molecule has 1 heterocycles. The van der Waals surface area contributed by atoms with Gasteiger partial charge in [-0.15, -0.1) is 0 Å². The van der Waals surface area contributed by atoms with Gasteiger partial charge in [0.2, 0.25) is 0 Å². The number of unbranched alkanes of at least 4 members (excludes halogenated alkanes) is 3. The molecular weight excluding hydrogens is 256 g/mol. The summed E-state index contributed by atoms with van der Waals surface area (Å²) in [6, 6.07) is 19.0. The van der Waals surface area contributed by atoms with Gasteiger partial charge >= 0.3 is 0 Å². The first kappa shape index (κ1) is 13.9. The molecule has 0 radical (unpaired) electrons. The van der Waals surface area contributed by atoms with Crippen LogP contribution in [-0.4, -0.2) is 9.97 Å². The number of aromatic nitrogens is 2. The molecule has 0 saturated carbocycles. The SMILES string of the molecule is c1ccc(CCCCCCc2nc3ccccc3[nH]2)cc1. The molecule has 0 amide bonds. The predicted molar refractivity (Wildman–Crippen MR) is 88.4 cm³/mol. The number of aryl methyl sites for hydroxylation is 2. The minimum Gasteiger partial charge on any atom is -0.342 e. The van der Waals surface area contributed by atoms with Crippen LogP contribution in [-0.2, 0) is 12.8 Å². The van der Waals surface area contributed by atoms with Crippen molar-refractivity contribution >= 4 is 11.0 Å². The van der Waals surface area contributed by atoms with Crippen molar-refractivity contribution in [2.45, 2.75) is 38.5 Å². The lowest BCUT2D eigenvalue weighted by atomic mass is 10.1. The second-order valence-electron chi connectivity index (χ2n) is 5.60. The maximum atomic E-state index is 4.62. The topological polar surface area (TPSA) is 28.7 Å². The third-order valence-electron chi connectivity index (χ3n) is 3.91. The van der Waals surface area contributed by atoms with E-state index >= 15 is 0 Å². The van der Waals surface area contributed by atoms with Gasteiger partial charge in [-0.2, -0.15) is 0 Å². The van der Waals surface area contributed by atoms with Crippen LogP contribution in [0, 0.1) is 0 Å². The number of para-hydroxylation sites is 2. The molecule has 2 nitrogen and oxygen atoms in total. The van der Waals surface area contributed by atoms with E-state index in [2.05, 4.69) is 52.4 Å². The maximum absolute atomic E-state index is 4.62. The lowest BCUT2D eigenvalue weighted by molar-refractivity contribution is 0.632. The highest BCUT2D eigenvalue weighted by molar-refractivity contribution is 5.74. The van der Waals surface area contributed by atoms with Crippen LogP contribution in [0.1, 0.15) is 37.1 Å². The molecule has 2 aromatic carbocycles. The molecular formula is C19H22N2. The van der Waals surface area contributed by atoms with Gasteiger partial charge in [0, 0.05) is 6.42 Å². The Kier molecular flexibility index (Phi) is 4.67. The zero-order chi connectivity index (χ0) is 14.3. The summed E-state index contributed by atoms with van der Waals surface area (Å²) in [7, 11) is 0. The average Bonchev–Trinajstić information content (AvgIpc) is 2.94. The quantitative estimate of drug-likeness (QED) is 0.611. The third-order valence-corrected chi connectivity index (χ3v) is 3.91. The van der Waals surface area contributed by atoms with Crippen LogP contribution < -0.4 is 0 Å². The maximum Gasteiger partial charge on any atom is 0.107 e. The van der Waals surface area contributed by atoms with Gasteiger partial charge < -0.3 is 4.98 Å². The third kappa shape index (κ3) is 3.94. The molecule has 0 aliphatic rings. The van der Waals surface area contributed by atoms with Crippen LogP contribution >= 0.6 is 0 Å². The fourth-order valence-electron chi connectivity index (χ4n) is 2.74. The van der Waals surface area contributed by atoms with Crippen molar-refractivity contribution in [1.29, 1.82) is 0 Å². The van der Waals surface area contributed by atoms with Gasteiger partial charge in [-0.3, -0.25) is 0 Å². The molecule has 0 unspecified atom stereocenters. The van der Waals surface area contributed by atoms with Gasteiger partial charge in [-0.1, -0.05) is 55.3 Å². The molecule has 1 N–H and O–H groups in total. The summed E-state index contributed by atoms with van der Waals surface area (Å²) in [6.07, 6.45) is 7.34. The summed E-state index contributed by atoms with van der Waals surface area (Å²) in [6.45, 7) is 0. The van der Waals surface area contributed by atoms with Crippen molar-refractivity contribution < 1.29 is 0 Å². The van der Waals surface area contributed by atoms with E-state index in [-0.39, 0.29) is 0 Å². The highest BCUT2D eigenvalue weighted by Gasteiger charge is 2.01. The Balaban J connectivity index is 1.36. The van der Waals surface area contributed by atoms with Gasteiger partial charge in [0.1, 0.15) is 5.82 Å². The largest absolute Gasteiger partial charge is 0.342 e. The van der Waals surface area contributed by atoms with E-state index in [9.17, 15) is 0 Å². The van der Waals surface area contributed by atoms with Crippen molar-refractivity contribution in [2.75, 3.05) is 0 Å². The van der Waals surface area contributed by atoms with E-state index in [1.165, 1.54) is 37.7 Å². The summed E-state index contributed by atoms with van der Waals surface area (Å²) < 4.78 is 0. The highest BCUT2D eigenvalue weighted by Crippen LogP contribution is 2.13. The summed E-state index contributed by atoms with van der Waals surface area (Å²) in [4.78, 5) is 8.02. The number of rotatable bonds is 7. The summed E-state index contributed by atoms with van der Waals surface area (Å²) in [5.41, 5.74) is 3.68. The first-order valence-corrected chi connectivity index (χ1v) is 7.89. The zero-order valence-corrected chi connectivity index (χ0v) is 12.4. The molecule has 0 atom stereocenters. The molecule has 3 aromatic rings. The molecule has 1 aromatic heterocycles. The Morgan fingerprint density at radius 1 is 0.714 bits per heavy atom. The minimum atomic E-state index is 1.06. The van der Waals surface area contributed by atoms with Gasteiger partial charge in [0.15, 0.2) is 0 Å². The monoisotopic (exact) mass is 278 g/mol. The highest BCUT2D eigenvalue weighted by atomic mass is 14.9. The average molecular weight is 278 g/mol. The Hall–Kier alpha value is -2.09. The zero-order valence-electron chi connectivity index (χ0n) is 12.4. The van der Waals surface area contributed by atoms with E-state index in [4.69, 9.17) is 0 Å². The van der Waals surface area contributed by atoms with Gasteiger partial charge in [0.25, 0.3) is 0 Å². The lowest BCUT2D eigenvalue weighted by Crippen LogP contribution is -1.90. The van der Waals surface area contributed by atoms with Crippen LogP contribution in [0.25, 0.3) is 11.0 Å². The second-order valence-corrected chi connectivity index (χ2v) is 5.60. The number of aromatic amines is 1. The lowest BCUT2D eigenvalue weighted by Gasteiger charge is -2.01. The van der Waals surface area contributed by atoms with Crippen LogP contribution in [0.3, 0.4) is 0 Å². The van der Waals surface area contributed by atoms with Crippen molar-refractivity contribution in [1.82, 2.24) is 9.97 Å². The molecule has 2 heteroatoms. The number of H-pyrrole nitrogens is 1. The Bertz CT molecular complexity index is 637. The van der Waals surface area contributed by atoms with E-state index < -0.39 is 0 Å². The molecule has 0 bridgehead atoms. The fourth-order valence-corrected chi connectivity index (χ4v) is 2.74. The van der Waals surface area contributed by atoms with Gasteiger partial charge in [0.05, 0.1) is 11.0 Å². The number of hydrogen-bond donors (Lipinski definition) is 1. The molecule has 0 fully saturated rings. The Labute approximate surface area is 126 Å². The molecule has 0 spiro atoms. The van der Waals surface area contributed by atoms with Crippen molar-refractivity contribution in [2.24, 2.45) is 0 Å². The second kappa shape index (κ2) is 7.07. The summed E-state index contributed by atoms with van der Waals surface area (Å²) in [5.74, 6) is 1.12. The fraction of sp³-hybridized carbons (Fsp3) is 0.316. The number of nitrogens with one attached hydrogen (secondary N) is 1. The molecule has 108 valence electrons.